The van der Waals surface area contributed by atoms with E-state index in [-0.39, 0.29) is 28.4 Å². The van der Waals surface area contributed by atoms with Crippen molar-refractivity contribution in [3.05, 3.63) is 47.4 Å². The van der Waals surface area contributed by atoms with Crippen LogP contribution in [-0.2, 0) is 0 Å². The molecular formula is C13H9FN4O2. The van der Waals surface area contributed by atoms with Gasteiger partial charge in [-0.05, 0) is 18.2 Å². The predicted molar refractivity (Wildman–Crippen MR) is 68.4 cm³/mol. The molecule has 0 fully saturated rings. The van der Waals surface area contributed by atoms with Crippen molar-refractivity contribution in [2.45, 2.75) is 0 Å². The van der Waals surface area contributed by atoms with Gasteiger partial charge in [-0.2, -0.15) is 5.26 Å². The maximum atomic E-state index is 13.6. The van der Waals surface area contributed by atoms with Gasteiger partial charge in [0, 0.05) is 6.07 Å². The van der Waals surface area contributed by atoms with Gasteiger partial charge in [0.2, 0.25) is 5.88 Å². The van der Waals surface area contributed by atoms with Gasteiger partial charge in [0.05, 0.1) is 29.1 Å². The minimum Gasteiger partial charge on any atom is -0.436 e. The maximum absolute atomic E-state index is 13.6. The Morgan fingerprint density at radius 2 is 2.15 bits per heavy atom. The number of halogens is 1. The van der Waals surface area contributed by atoms with Crippen LogP contribution in [-0.4, -0.2) is 10.9 Å². The molecule has 100 valence electrons. The lowest BCUT2D eigenvalue weighted by atomic mass is 10.2. The number of aromatic nitrogens is 1. The number of rotatable bonds is 3. The molecule has 0 radical (unpaired) electrons. The van der Waals surface area contributed by atoms with Crippen molar-refractivity contribution in [1.29, 1.82) is 5.26 Å². The highest BCUT2D eigenvalue weighted by Crippen LogP contribution is 2.25. The number of carbonyl (C=O) groups is 1. The molecule has 4 N–H and O–H groups in total. The Morgan fingerprint density at radius 3 is 2.75 bits per heavy atom. The number of nitrogens with zero attached hydrogens (tertiary/aromatic N) is 2. The molecule has 7 heteroatoms. The topological polar surface area (TPSA) is 115 Å². The molecule has 2 aromatic rings. The average Bonchev–Trinajstić information content (AvgIpc) is 2.42. The highest BCUT2D eigenvalue weighted by molar-refractivity contribution is 5.98. The van der Waals surface area contributed by atoms with Gasteiger partial charge in [0.15, 0.2) is 11.6 Å². The van der Waals surface area contributed by atoms with Crippen molar-refractivity contribution in [2.24, 2.45) is 5.73 Å². The van der Waals surface area contributed by atoms with E-state index < -0.39 is 11.7 Å². The molecule has 0 bridgehead atoms. The Hall–Kier alpha value is -3.14. The first kappa shape index (κ1) is 13.3. The average molecular weight is 272 g/mol. The van der Waals surface area contributed by atoms with Gasteiger partial charge in [-0.15, -0.1) is 0 Å². The fraction of sp³-hybridized carbons (Fsp3) is 0. The normalized spacial score (nSPS) is 9.80. The lowest BCUT2D eigenvalue weighted by Crippen LogP contribution is -2.14. The minimum atomic E-state index is -0.741. The van der Waals surface area contributed by atoms with E-state index >= 15 is 0 Å². The van der Waals surface area contributed by atoms with Gasteiger partial charge in [-0.3, -0.25) is 4.79 Å². The standard InChI is InChI=1S/C13H9FN4O2/c14-9-3-7(5-15)1-2-11(9)20-12-4-8(13(17)19)10(16)6-18-12/h1-4,6H,16H2,(H2,17,19). The number of carbonyl (C=O) groups excluding carboxylic acids is 1. The van der Waals surface area contributed by atoms with Gasteiger partial charge < -0.3 is 16.2 Å². The quantitative estimate of drug-likeness (QED) is 0.879. The monoisotopic (exact) mass is 272 g/mol. The van der Waals surface area contributed by atoms with E-state index in [1.165, 1.54) is 24.4 Å². The van der Waals surface area contributed by atoms with Crippen molar-refractivity contribution in [3.8, 4) is 17.7 Å². The molecule has 20 heavy (non-hydrogen) atoms. The van der Waals surface area contributed by atoms with Gasteiger partial charge in [-0.25, -0.2) is 9.37 Å². The number of nitrogen functional groups attached to an aromatic ring is 1. The number of primary amides is 1. The Labute approximate surface area is 113 Å². The molecule has 1 aromatic heterocycles. The minimum absolute atomic E-state index is 0.0309. The third-order valence-electron chi connectivity index (χ3n) is 2.45. The fourth-order valence-electron chi connectivity index (χ4n) is 1.48. The van der Waals surface area contributed by atoms with Crippen molar-refractivity contribution < 1.29 is 13.9 Å². The van der Waals surface area contributed by atoms with Crippen LogP contribution in [0.4, 0.5) is 10.1 Å². The molecule has 0 aliphatic heterocycles. The largest absolute Gasteiger partial charge is 0.436 e. The number of nitrogens with two attached hydrogens (primary N) is 2. The van der Waals surface area contributed by atoms with Gasteiger partial charge in [0.1, 0.15) is 0 Å². The van der Waals surface area contributed by atoms with E-state index in [4.69, 9.17) is 21.5 Å². The SMILES string of the molecule is N#Cc1ccc(Oc2cc(C(N)=O)c(N)cn2)c(F)c1. The summed E-state index contributed by atoms with van der Waals surface area (Å²) in [5.41, 5.74) is 11.0. The zero-order valence-electron chi connectivity index (χ0n) is 10.1. The first-order valence-electron chi connectivity index (χ1n) is 5.44. The third kappa shape index (κ3) is 2.64. The Morgan fingerprint density at radius 1 is 1.40 bits per heavy atom. The van der Waals surface area contributed by atoms with Crippen molar-refractivity contribution >= 4 is 11.6 Å². The summed E-state index contributed by atoms with van der Waals surface area (Å²) in [5.74, 6) is -1.62. The first-order chi connectivity index (χ1) is 9.51. The summed E-state index contributed by atoms with van der Waals surface area (Å²) >= 11 is 0. The number of benzene rings is 1. The van der Waals surface area contributed by atoms with Crippen molar-refractivity contribution in [2.75, 3.05) is 5.73 Å². The molecule has 0 saturated carbocycles. The van der Waals surface area contributed by atoms with Crippen LogP contribution in [0, 0.1) is 17.1 Å². The molecule has 1 amide bonds. The molecule has 0 spiro atoms. The summed E-state index contributed by atoms with van der Waals surface area (Å²) in [6.07, 6.45) is 1.19. The molecule has 1 aromatic carbocycles. The second-order valence-corrected chi connectivity index (χ2v) is 3.83. The third-order valence-corrected chi connectivity index (χ3v) is 2.45. The van der Waals surface area contributed by atoms with Gasteiger partial charge >= 0.3 is 0 Å². The van der Waals surface area contributed by atoms with E-state index in [0.717, 1.165) is 6.07 Å². The Kier molecular flexibility index (Phi) is 3.48. The van der Waals surface area contributed by atoms with Crippen LogP contribution in [0.2, 0.25) is 0 Å². The van der Waals surface area contributed by atoms with E-state index in [2.05, 4.69) is 4.98 Å². The number of pyridine rings is 1. The molecular weight excluding hydrogens is 263 g/mol. The van der Waals surface area contributed by atoms with Crippen molar-refractivity contribution in [3.63, 3.8) is 0 Å². The van der Waals surface area contributed by atoms with Crippen LogP contribution in [0.25, 0.3) is 0 Å². The Balaban J connectivity index is 2.33. The summed E-state index contributed by atoms with van der Waals surface area (Å²) < 4.78 is 18.8. The van der Waals surface area contributed by atoms with E-state index in [1.807, 2.05) is 0 Å². The van der Waals surface area contributed by atoms with Crippen LogP contribution in [0.3, 0.4) is 0 Å². The van der Waals surface area contributed by atoms with E-state index in [0.29, 0.717) is 0 Å². The highest BCUT2D eigenvalue weighted by Gasteiger charge is 2.11. The second kappa shape index (κ2) is 5.24. The number of hydrogen-bond donors (Lipinski definition) is 2. The maximum Gasteiger partial charge on any atom is 0.251 e. The summed E-state index contributed by atoms with van der Waals surface area (Å²) in [4.78, 5) is 14.9. The van der Waals surface area contributed by atoms with E-state index in [1.54, 1.807) is 6.07 Å². The number of ether oxygens (including phenoxy) is 1. The fourth-order valence-corrected chi connectivity index (χ4v) is 1.48. The zero-order valence-corrected chi connectivity index (χ0v) is 10.1. The number of amides is 1. The van der Waals surface area contributed by atoms with Crippen LogP contribution >= 0.6 is 0 Å². The number of hydrogen-bond acceptors (Lipinski definition) is 5. The summed E-state index contributed by atoms with van der Waals surface area (Å²) in [5, 5.41) is 8.64. The highest BCUT2D eigenvalue weighted by atomic mass is 19.1. The Bertz CT molecular complexity index is 725. The lowest BCUT2D eigenvalue weighted by molar-refractivity contribution is 0.100. The predicted octanol–water partition coefficient (Wildman–Crippen LogP) is 1.57. The van der Waals surface area contributed by atoms with Crippen LogP contribution < -0.4 is 16.2 Å². The summed E-state index contributed by atoms with van der Waals surface area (Å²) in [7, 11) is 0. The lowest BCUT2D eigenvalue weighted by Gasteiger charge is -2.08. The van der Waals surface area contributed by atoms with Gasteiger partial charge in [0.25, 0.3) is 5.91 Å². The molecule has 0 aliphatic rings. The molecule has 6 nitrogen and oxygen atoms in total. The van der Waals surface area contributed by atoms with Crippen LogP contribution in [0.5, 0.6) is 11.6 Å². The zero-order chi connectivity index (χ0) is 14.7. The van der Waals surface area contributed by atoms with Crippen LogP contribution in [0.1, 0.15) is 15.9 Å². The summed E-state index contributed by atoms with van der Waals surface area (Å²) in [6, 6.07) is 6.73. The molecule has 1 heterocycles. The number of nitriles is 1. The smallest absolute Gasteiger partial charge is 0.251 e. The molecule has 0 unspecified atom stereocenters. The van der Waals surface area contributed by atoms with Crippen molar-refractivity contribution in [1.82, 2.24) is 4.98 Å². The first-order valence-corrected chi connectivity index (χ1v) is 5.44. The molecule has 0 saturated heterocycles. The molecule has 0 aliphatic carbocycles. The second-order valence-electron chi connectivity index (χ2n) is 3.83. The van der Waals surface area contributed by atoms with E-state index in [9.17, 15) is 9.18 Å². The van der Waals surface area contributed by atoms with Crippen LogP contribution in [0.15, 0.2) is 30.5 Å². The summed E-state index contributed by atoms with van der Waals surface area (Å²) in [6.45, 7) is 0. The number of anilines is 1. The molecule has 0 atom stereocenters. The van der Waals surface area contributed by atoms with Gasteiger partial charge in [-0.1, -0.05) is 0 Å². The molecule has 2 rings (SSSR count).